The van der Waals surface area contributed by atoms with E-state index < -0.39 is 0 Å². The molecule has 7 aromatic rings. The van der Waals surface area contributed by atoms with Crippen LogP contribution in [0.5, 0.6) is 0 Å². The van der Waals surface area contributed by atoms with Crippen molar-refractivity contribution in [2.45, 2.75) is 6.42 Å². The summed E-state index contributed by atoms with van der Waals surface area (Å²) in [6, 6.07) is 36.9. The predicted octanol–water partition coefficient (Wildman–Crippen LogP) is 8.25. The number of nitrogens with zero attached hydrogens (tertiary/aromatic N) is 1. The molecule has 1 aliphatic carbocycles. The Kier molecular flexibility index (Phi) is 3.22. The number of rotatable bonds is 1. The Morgan fingerprint density at radius 2 is 1.30 bits per heavy atom. The monoisotopic (exact) mass is 421 g/mol. The van der Waals surface area contributed by atoms with Gasteiger partial charge >= 0.3 is 0 Å². The van der Waals surface area contributed by atoms with Gasteiger partial charge in [-0.05, 0) is 53.1 Å². The fourth-order valence-electron chi connectivity index (χ4n) is 5.82. The Morgan fingerprint density at radius 3 is 2.24 bits per heavy atom. The molecule has 2 heterocycles. The average Bonchev–Trinajstić information content (AvgIpc) is 3.53. The van der Waals surface area contributed by atoms with Gasteiger partial charge in [0.1, 0.15) is 11.2 Å². The van der Waals surface area contributed by atoms with Crippen molar-refractivity contribution in [3.05, 3.63) is 114 Å². The smallest absolute Gasteiger partial charge is 0.145 e. The molecule has 0 bridgehead atoms. The van der Waals surface area contributed by atoms with Crippen LogP contribution in [-0.4, -0.2) is 4.57 Å². The van der Waals surface area contributed by atoms with Crippen LogP contribution in [-0.2, 0) is 6.42 Å². The molecule has 0 unspecified atom stereocenters. The number of benzene rings is 5. The minimum Gasteiger partial charge on any atom is -0.455 e. The van der Waals surface area contributed by atoms with Gasteiger partial charge in [-0.15, -0.1) is 0 Å². The van der Waals surface area contributed by atoms with Crippen LogP contribution in [0.1, 0.15) is 11.1 Å². The molecule has 33 heavy (non-hydrogen) atoms. The molecule has 154 valence electrons. The molecule has 2 aromatic heterocycles. The van der Waals surface area contributed by atoms with Crippen molar-refractivity contribution in [2.75, 3.05) is 0 Å². The zero-order valence-electron chi connectivity index (χ0n) is 17.9. The van der Waals surface area contributed by atoms with Gasteiger partial charge in [-0.3, -0.25) is 0 Å². The van der Waals surface area contributed by atoms with Crippen LogP contribution in [0, 0.1) is 0 Å². The maximum Gasteiger partial charge on any atom is 0.145 e. The summed E-state index contributed by atoms with van der Waals surface area (Å²) in [6.07, 6.45) is 0.928. The van der Waals surface area contributed by atoms with Crippen LogP contribution in [0.25, 0.3) is 60.6 Å². The van der Waals surface area contributed by atoms with Gasteiger partial charge in [0.15, 0.2) is 0 Å². The third-order valence-corrected chi connectivity index (χ3v) is 7.23. The average molecular weight is 421 g/mol. The zero-order chi connectivity index (χ0) is 21.5. The first kappa shape index (κ1) is 17.3. The highest BCUT2D eigenvalue weighted by Crippen LogP contribution is 2.45. The molecule has 0 atom stereocenters. The van der Waals surface area contributed by atoms with Crippen LogP contribution < -0.4 is 0 Å². The lowest BCUT2D eigenvalue weighted by Gasteiger charge is -2.07. The second kappa shape index (κ2) is 6.14. The molecule has 0 spiro atoms. The van der Waals surface area contributed by atoms with E-state index in [0.29, 0.717) is 0 Å². The number of para-hydroxylation sites is 2. The molecule has 1 aliphatic rings. The van der Waals surface area contributed by atoms with Crippen LogP contribution in [0.15, 0.2) is 108 Å². The van der Waals surface area contributed by atoms with E-state index in [4.69, 9.17) is 4.42 Å². The van der Waals surface area contributed by atoms with Crippen molar-refractivity contribution in [3.8, 4) is 16.8 Å². The second-order valence-electron chi connectivity index (χ2n) is 8.93. The minimum atomic E-state index is 0.928. The summed E-state index contributed by atoms with van der Waals surface area (Å²) >= 11 is 0. The highest BCUT2D eigenvalue weighted by molar-refractivity contribution is 6.24. The Hall–Kier alpha value is -4.30. The van der Waals surface area contributed by atoms with Crippen molar-refractivity contribution < 1.29 is 4.42 Å². The van der Waals surface area contributed by atoms with Gasteiger partial charge < -0.3 is 8.98 Å². The van der Waals surface area contributed by atoms with Crippen molar-refractivity contribution in [3.63, 3.8) is 0 Å². The minimum absolute atomic E-state index is 0.928. The third-order valence-electron chi connectivity index (χ3n) is 7.23. The zero-order valence-corrected chi connectivity index (χ0v) is 17.9. The van der Waals surface area contributed by atoms with Gasteiger partial charge in [-0.2, -0.15) is 0 Å². The van der Waals surface area contributed by atoms with Gasteiger partial charge in [0.05, 0.1) is 16.4 Å². The number of fused-ring (bicyclic) bond motifs is 11. The van der Waals surface area contributed by atoms with E-state index in [1.807, 2.05) is 0 Å². The summed E-state index contributed by atoms with van der Waals surface area (Å²) < 4.78 is 9.13. The van der Waals surface area contributed by atoms with Crippen LogP contribution >= 0.6 is 0 Å². The van der Waals surface area contributed by atoms with Crippen molar-refractivity contribution in [1.82, 2.24) is 4.57 Å². The fraction of sp³-hybridized carbons (Fsp3) is 0.0323. The predicted molar refractivity (Wildman–Crippen MR) is 136 cm³/mol. The molecule has 0 saturated carbocycles. The molecule has 0 saturated heterocycles. The number of hydrogen-bond acceptors (Lipinski definition) is 1. The lowest BCUT2D eigenvalue weighted by Crippen LogP contribution is -1.92. The second-order valence-corrected chi connectivity index (χ2v) is 8.93. The normalized spacial score (nSPS) is 12.7. The molecule has 0 fully saturated rings. The van der Waals surface area contributed by atoms with Gasteiger partial charge in [0.2, 0.25) is 0 Å². The van der Waals surface area contributed by atoms with Gasteiger partial charge in [0, 0.05) is 33.8 Å². The van der Waals surface area contributed by atoms with Gasteiger partial charge in [-0.1, -0.05) is 66.7 Å². The quantitative estimate of drug-likeness (QED) is 0.261. The SMILES string of the molecule is c1ccc(-n2c3ccccc3c3c4oc5c6c(ccc5c4ccc32)-c2ccccc2C6)cc1. The molecule has 0 aliphatic heterocycles. The molecule has 8 rings (SSSR count). The first-order valence-electron chi connectivity index (χ1n) is 11.4. The standard InChI is InChI=1S/C31H19NO/c1-2-9-20(10-3-1)32-27-13-7-6-12-25(27)29-28(32)17-16-24-23-15-14-22-21-11-5-4-8-19(21)18-26(22)30(23)33-31(24)29/h1-17H,18H2. The van der Waals surface area contributed by atoms with Crippen LogP contribution in [0.2, 0.25) is 0 Å². The first-order chi connectivity index (χ1) is 16.4. The third kappa shape index (κ3) is 2.18. The maximum atomic E-state index is 6.78. The summed E-state index contributed by atoms with van der Waals surface area (Å²) in [5.41, 5.74) is 10.9. The van der Waals surface area contributed by atoms with Crippen LogP contribution in [0.4, 0.5) is 0 Å². The Labute approximate surface area is 190 Å². The number of hydrogen-bond donors (Lipinski definition) is 0. The van der Waals surface area contributed by atoms with E-state index in [9.17, 15) is 0 Å². The first-order valence-corrected chi connectivity index (χ1v) is 11.4. The molecule has 0 N–H and O–H groups in total. The van der Waals surface area contributed by atoms with Gasteiger partial charge in [-0.25, -0.2) is 0 Å². The molecule has 0 amide bonds. The molecule has 2 heteroatoms. The largest absolute Gasteiger partial charge is 0.455 e. The van der Waals surface area contributed by atoms with E-state index in [0.717, 1.165) is 23.3 Å². The maximum absolute atomic E-state index is 6.78. The van der Waals surface area contributed by atoms with E-state index >= 15 is 0 Å². The summed E-state index contributed by atoms with van der Waals surface area (Å²) in [5.74, 6) is 0. The van der Waals surface area contributed by atoms with Crippen molar-refractivity contribution in [2.24, 2.45) is 0 Å². The Bertz CT molecular complexity index is 1890. The Balaban J connectivity index is 1.52. The van der Waals surface area contributed by atoms with Crippen molar-refractivity contribution >= 4 is 43.7 Å². The van der Waals surface area contributed by atoms with E-state index in [1.54, 1.807) is 0 Å². The highest BCUT2D eigenvalue weighted by atomic mass is 16.3. The number of aromatic nitrogens is 1. The lowest BCUT2D eigenvalue weighted by atomic mass is 10.0. The summed E-state index contributed by atoms with van der Waals surface area (Å²) in [7, 11) is 0. The van der Waals surface area contributed by atoms with E-state index in [1.165, 1.54) is 54.8 Å². The topological polar surface area (TPSA) is 18.1 Å². The Morgan fingerprint density at radius 1 is 0.545 bits per heavy atom. The summed E-state index contributed by atoms with van der Waals surface area (Å²) in [4.78, 5) is 0. The van der Waals surface area contributed by atoms with E-state index in [2.05, 4.69) is 108 Å². The highest BCUT2D eigenvalue weighted by Gasteiger charge is 2.24. The number of furan rings is 1. The summed E-state index contributed by atoms with van der Waals surface area (Å²) in [5, 5.41) is 4.80. The molecular formula is C31H19NO. The van der Waals surface area contributed by atoms with Crippen molar-refractivity contribution in [1.29, 1.82) is 0 Å². The molecule has 2 nitrogen and oxygen atoms in total. The lowest BCUT2D eigenvalue weighted by molar-refractivity contribution is 0.669. The summed E-state index contributed by atoms with van der Waals surface area (Å²) in [6.45, 7) is 0. The molecular weight excluding hydrogens is 402 g/mol. The van der Waals surface area contributed by atoms with Crippen LogP contribution in [0.3, 0.4) is 0 Å². The van der Waals surface area contributed by atoms with Gasteiger partial charge in [0.25, 0.3) is 0 Å². The van der Waals surface area contributed by atoms with E-state index in [-0.39, 0.29) is 0 Å². The fourth-order valence-corrected chi connectivity index (χ4v) is 5.82. The molecule has 0 radical (unpaired) electrons. The molecule has 5 aromatic carbocycles.